The van der Waals surface area contributed by atoms with E-state index in [1.807, 2.05) is 53.6 Å². The molecule has 1 aliphatic heterocycles. The van der Waals surface area contributed by atoms with E-state index in [9.17, 15) is 10.1 Å². The van der Waals surface area contributed by atoms with Gasteiger partial charge in [0.05, 0.1) is 17.7 Å². The van der Waals surface area contributed by atoms with Crippen LogP contribution in [0, 0.1) is 18.3 Å². The smallest absolute Gasteiger partial charge is 0.240 e. The second-order valence-electron chi connectivity index (χ2n) is 9.68. The van der Waals surface area contributed by atoms with Crippen LogP contribution in [0.5, 0.6) is 0 Å². The predicted octanol–water partition coefficient (Wildman–Crippen LogP) is 5.42. The number of benzene rings is 3. The van der Waals surface area contributed by atoms with Gasteiger partial charge in [0.25, 0.3) is 0 Å². The van der Waals surface area contributed by atoms with E-state index in [0.29, 0.717) is 38.2 Å². The van der Waals surface area contributed by atoms with Crippen LogP contribution in [-0.4, -0.2) is 26.7 Å². The summed E-state index contributed by atoms with van der Waals surface area (Å²) >= 11 is 0. The van der Waals surface area contributed by atoms with Crippen molar-refractivity contribution in [1.29, 1.82) is 5.26 Å². The second-order valence-corrected chi connectivity index (χ2v) is 9.68. The van der Waals surface area contributed by atoms with E-state index < -0.39 is 0 Å². The molecule has 37 heavy (non-hydrogen) atoms. The SMILES string of the molecule is Cc1ccccc1CN1Cc2ccccc2CC(N(Cc2ccc(C#N)cc2)Cc2cccnc2)C1=O. The molecule has 1 atom stereocenters. The molecule has 1 aliphatic rings. The van der Waals surface area contributed by atoms with Crippen molar-refractivity contribution < 1.29 is 4.79 Å². The molecule has 2 heterocycles. The predicted molar refractivity (Wildman–Crippen MR) is 144 cm³/mol. The first kappa shape index (κ1) is 24.4. The maximum Gasteiger partial charge on any atom is 0.240 e. The van der Waals surface area contributed by atoms with Crippen LogP contribution < -0.4 is 0 Å². The van der Waals surface area contributed by atoms with Gasteiger partial charge < -0.3 is 4.90 Å². The van der Waals surface area contributed by atoms with Gasteiger partial charge in [0.2, 0.25) is 5.91 Å². The highest BCUT2D eigenvalue weighted by atomic mass is 16.2. The van der Waals surface area contributed by atoms with Crippen LogP contribution >= 0.6 is 0 Å². The Hall–Kier alpha value is -4.27. The summed E-state index contributed by atoms with van der Waals surface area (Å²) in [6.45, 7) is 4.47. The molecule has 4 aromatic rings. The molecular weight excluding hydrogens is 456 g/mol. The molecule has 1 amide bonds. The third kappa shape index (κ3) is 5.77. The Morgan fingerprint density at radius 3 is 2.38 bits per heavy atom. The number of rotatable bonds is 7. The average Bonchev–Trinajstić information content (AvgIpc) is 3.07. The molecule has 0 radical (unpaired) electrons. The van der Waals surface area contributed by atoms with Gasteiger partial charge in [-0.05, 0) is 64.9 Å². The van der Waals surface area contributed by atoms with Crippen LogP contribution in [0.15, 0.2) is 97.3 Å². The van der Waals surface area contributed by atoms with E-state index in [1.54, 1.807) is 6.20 Å². The number of carbonyl (C=O) groups is 1. The lowest BCUT2D eigenvalue weighted by Gasteiger charge is -2.33. The van der Waals surface area contributed by atoms with Gasteiger partial charge in [0, 0.05) is 38.6 Å². The van der Waals surface area contributed by atoms with Gasteiger partial charge in [-0.25, -0.2) is 0 Å². The van der Waals surface area contributed by atoms with Crippen molar-refractivity contribution in [2.75, 3.05) is 0 Å². The molecule has 1 aromatic heterocycles. The summed E-state index contributed by atoms with van der Waals surface area (Å²) in [6, 6.07) is 30.2. The van der Waals surface area contributed by atoms with Crippen molar-refractivity contribution >= 4 is 5.91 Å². The van der Waals surface area contributed by atoms with Crippen molar-refractivity contribution in [3.05, 3.63) is 136 Å². The molecule has 0 saturated heterocycles. The molecule has 0 spiro atoms. The number of hydrogen-bond donors (Lipinski definition) is 0. The molecule has 0 bridgehead atoms. The summed E-state index contributed by atoms with van der Waals surface area (Å²) in [5.41, 5.74) is 7.53. The number of aryl methyl sites for hydroxylation is 1. The molecule has 0 N–H and O–H groups in total. The average molecular weight is 487 g/mol. The normalized spacial score (nSPS) is 15.2. The minimum absolute atomic E-state index is 0.136. The first-order valence-corrected chi connectivity index (χ1v) is 12.6. The maximum absolute atomic E-state index is 14.3. The summed E-state index contributed by atoms with van der Waals surface area (Å²) in [5, 5.41) is 9.22. The minimum atomic E-state index is -0.330. The zero-order valence-electron chi connectivity index (χ0n) is 21.0. The molecule has 184 valence electrons. The molecule has 5 heteroatoms. The highest BCUT2D eigenvalue weighted by Gasteiger charge is 2.34. The number of nitrogens with zero attached hydrogens (tertiary/aromatic N) is 4. The summed E-state index contributed by atoms with van der Waals surface area (Å²) in [5.74, 6) is 0.136. The van der Waals surface area contributed by atoms with Crippen molar-refractivity contribution in [1.82, 2.24) is 14.8 Å². The number of fused-ring (bicyclic) bond motifs is 1. The molecule has 0 aliphatic carbocycles. The lowest BCUT2D eigenvalue weighted by atomic mass is 10.00. The van der Waals surface area contributed by atoms with E-state index in [4.69, 9.17) is 0 Å². The minimum Gasteiger partial charge on any atom is -0.333 e. The van der Waals surface area contributed by atoms with Crippen molar-refractivity contribution in [3.63, 3.8) is 0 Å². The second kappa shape index (κ2) is 11.2. The first-order valence-electron chi connectivity index (χ1n) is 12.6. The number of hydrogen-bond acceptors (Lipinski definition) is 4. The number of aromatic nitrogens is 1. The maximum atomic E-state index is 14.3. The standard InChI is InChI=1S/C32H30N4O/c1-24-7-2-3-10-29(24)22-36-23-30-11-5-4-9-28(30)17-31(32(36)37)35(21-27-8-6-16-34-19-27)20-26-14-12-25(18-33)13-15-26/h2-16,19,31H,17,20-23H2,1H3. The Morgan fingerprint density at radius 2 is 1.65 bits per heavy atom. The summed E-state index contributed by atoms with van der Waals surface area (Å²) in [4.78, 5) is 22.9. The molecule has 0 saturated carbocycles. The van der Waals surface area contributed by atoms with Crippen molar-refractivity contribution in [2.45, 2.75) is 45.6 Å². The molecule has 3 aromatic carbocycles. The lowest BCUT2D eigenvalue weighted by molar-refractivity contribution is -0.138. The third-order valence-corrected chi connectivity index (χ3v) is 7.13. The van der Waals surface area contributed by atoms with Crippen LogP contribution in [-0.2, 0) is 37.4 Å². The fourth-order valence-electron chi connectivity index (χ4n) is 5.03. The van der Waals surface area contributed by atoms with Crippen LogP contribution in [0.2, 0.25) is 0 Å². The quantitative estimate of drug-likeness (QED) is 0.350. The number of amides is 1. The van der Waals surface area contributed by atoms with E-state index in [0.717, 1.165) is 11.1 Å². The van der Waals surface area contributed by atoms with Crippen LogP contribution in [0.1, 0.15) is 38.9 Å². The number of nitriles is 1. The Morgan fingerprint density at radius 1 is 0.919 bits per heavy atom. The molecule has 0 fully saturated rings. The summed E-state index contributed by atoms with van der Waals surface area (Å²) in [7, 11) is 0. The van der Waals surface area contributed by atoms with Gasteiger partial charge in [0.1, 0.15) is 0 Å². The number of carbonyl (C=O) groups excluding carboxylic acids is 1. The zero-order valence-corrected chi connectivity index (χ0v) is 21.0. The van der Waals surface area contributed by atoms with Gasteiger partial charge >= 0.3 is 0 Å². The Labute approximate surface area is 218 Å². The van der Waals surface area contributed by atoms with Gasteiger partial charge in [0.15, 0.2) is 0 Å². The van der Waals surface area contributed by atoms with E-state index in [1.165, 1.54) is 22.3 Å². The molecule has 5 rings (SSSR count). The molecular formula is C32H30N4O. The zero-order chi connectivity index (χ0) is 25.6. The van der Waals surface area contributed by atoms with E-state index in [-0.39, 0.29) is 11.9 Å². The number of pyridine rings is 1. The van der Waals surface area contributed by atoms with Crippen LogP contribution in [0.4, 0.5) is 0 Å². The van der Waals surface area contributed by atoms with Gasteiger partial charge in [-0.15, -0.1) is 0 Å². The Balaban J connectivity index is 1.52. The topological polar surface area (TPSA) is 60.2 Å². The van der Waals surface area contributed by atoms with E-state index >= 15 is 0 Å². The third-order valence-electron chi connectivity index (χ3n) is 7.13. The fourth-order valence-corrected chi connectivity index (χ4v) is 5.03. The first-order chi connectivity index (χ1) is 18.1. The highest BCUT2D eigenvalue weighted by Crippen LogP contribution is 2.27. The largest absolute Gasteiger partial charge is 0.333 e. The van der Waals surface area contributed by atoms with Crippen molar-refractivity contribution in [2.24, 2.45) is 0 Å². The lowest BCUT2D eigenvalue weighted by Crippen LogP contribution is -2.47. The Kier molecular flexibility index (Phi) is 7.39. The van der Waals surface area contributed by atoms with Gasteiger partial charge in [-0.2, -0.15) is 5.26 Å². The fraction of sp³-hybridized carbons (Fsp3) is 0.219. The Bertz CT molecular complexity index is 1410. The molecule has 1 unspecified atom stereocenters. The molecule has 5 nitrogen and oxygen atoms in total. The van der Waals surface area contributed by atoms with Gasteiger partial charge in [-0.1, -0.05) is 66.7 Å². The summed E-state index contributed by atoms with van der Waals surface area (Å²) in [6.07, 6.45) is 4.28. The summed E-state index contributed by atoms with van der Waals surface area (Å²) < 4.78 is 0. The van der Waals surface area contributed by atoms with Crippen LogP contribution in [0.25, 0.3) is 0 Å². The van der Waals surface area contributed by atoms with Crippen molar-refractivity contribution in [3.8, 4) is 6.07 Å². The van der Waals surface area contributed by atoms with E-state index in [2.05, 4.69) is 65.3 Å². The van der Waals surface area contributed by atoms with Gasteiger partial charge in [-0.3, -0.25) is 14.7 Å². The highest BCUT2D eigenvalue weighted by molar-refractivity contribution is 5.83. The van der Waals surface area contributed by atoms with Crippen LogP contribution in [0.3, 0.4) is 0 Å². The monoisotopic (exact) mass is 486 g/mol.